The highest BCUT2D eigenvalue weighted by atomic mass is 35.5. The fourth-order valence-corrected chi connectivity index (χ4v) is 2.10. The number of hydrogen-bond acceptors (Lipinski definition) is 2. The number of rotatable bonds is 1. The molecule has 4 nitrogen and oxygen atoms in total. The number of piperidine rings is 1. The average Bonchev–Trinajstić information content (AvgIpc) is 2.34. The molecular weight excluding hydrogens is 259 g/mol. The zero-order valence-corrected chi connectivity index (χ0v) is 10.5. The third-order valence-corrected chi connectivity index (χ3v) is 3.14. The lowest BCUT2D eigenvalue weighted by Crippen LogP contribution is -2.44. The first kappa shape index (κ1) is 13.1. The molecule has 1 saturated heterocycles. The van der Waals surface area contributed by atoms with Gasteiger partial charge in [0.15, 0.2) is 0 Å². The second kappa shape index (κ2) is 5.54. The highest BCUT2D eigenvalue weighted by molar-refractivity contribution is 6.31. The molecule has 1 heterocycles. The summed E-state index contributed by atoms with van der Waals surface area (Å²) >= 11 is 5.63. The number of halogens is 2. The monoisotopic (exact) mass is 272 g/mol. The Hall–Kier alpha value is -1.33. The van der Waals surface area contributed by atoms with Crippen molar-refractivity contribution in [2.75, 3.05) is 18.4 Å². The largest absolute Gasteiger partial charge is 0.391 e. The van der Waals surface area contributed by atoms with Gasteiger partial charge in [-0.15, -0.1) is 0 Å². The number of likely N-dealkylation sites (tertiary alicyclic amines) is 1. The maximum absolute atomic E-state index is 13.0. The first-order chi connectivity index (χ1) is 8.56. The molecule has 1 fully saturated rings. The molecule has 0 aromatic heterocycles. The Kier molecular flexibility index (Phi) is 4.04. The molecule has 98 valence electrons. The third-order valence-electron chi connectivity index (χ3n) is 2.85. The van der Waals surface area contributed by atoms with Crippen molar-refractivity contribution in [1.82, 2.24) is 4.90 Å². The van der Waals surface area contributed by atoms with Gasteiger partial charge in [-0.05, 0) is 31.0 Å². The molecule has 0 radical (unpaired) electrons. The van der Waals surface area contributed by atoms with Crippen molar-refractivity contribution in [3.05, 3.63) is 29.0 Å². The lowest BCUT2D eigenvalue weighted by Gasteiger charge is -2.30. The van der Waals surface area contributed by atoms with Crippen molar-refractivity contribution in [1.29, 1.82) is 0 Å². The van der Waals surface area contributed by atoms with Gasteiger partial charge < -0.3 is 15.3 Å². The number of anilines is 1. The van der Waals surface area contributed by atoms with Crippen LogP contribution in [0.2, 0.25) is 5.02 Å². The number of carbonyl (C=O) groups excluding carboxylic acids is 1. The van der Waals surface area contributed by atoms with Crippen molar-refractivity contribution in [2.45, 2.75) is 18.9 Å². The van der Waals surface area contributed by atoms with Crippen LogP contribution in [0.5, 0.6) is 0 Å². The molecule has 1 aromatic carbocycles. The summed E-state index contributed by atoms with van der Waals surface area (Å²) in [6, 6.07) is 3.69. The number of nitrogens with zero attached hydrogens (tertiary/aromatic N) is 1. The van der Waals surface area contributed by atoms with Crippen molar-refractivity contribution < 1.29 is 14.3 Å². The van der Waals surface area contributed by atoms with Crippen LogP contribution in [0, 0.1) is 5.82 Å². The quantitative estimate of drug-likeness (QED) is 0.825. The minimum Gasteiger partial charge on any atom is -0.391 e. The van der Waals surface area contributed by atoms with E-state index in [1.807, 2.05) is 0 Å². The van der Waals surface area contributed by atoms with Gasteiger partial charge in [0.25, 0.3) is 0 Å². The van der Waals surface area contributed by atoms with Gasteiger partial charge >= 0.3 is 6.03 Å². The van der Waals surface area contributed by atoms with E-state index >= 15 is 0 Å². The van der Waals surface area contributed by atoms with Crippen molar-refractivity contribution in [2.24, 2.45) is 0 Å². The maximum atomic E-state index is 13.0. The van der Waals surface area contributed by atoms with E-state index in [1.54, 1.807) is 0 Å². The fraction of sp³-hybridized carbons (Fsp3) is 0.417. The summed E-state index contributed by atoms with van der Waals surface area (Å²) in [6.07, 6.45) is 1.02. The molecule has 1 atom stereocenters. The van der Waals surface area contributed by atoms with E-state index in [0.717, 1.165) is 6.42 Å². The summed E-state index contributed by atoms with van der Waals surface area (Å²) in [5.41, 5.74) is 0.437. The van der Waals surface area contributed by atoms with Crippen molar-refractivity contribution in [3.8, 4) is 0 Å². The third kappa shape index (κ3) is 3.11. The number of benzene rings is 1. The summed E-state index contributed by atoms with van der Waals surface area (Å²) in [6.45, 7) is 0.929. The van der Waals surface area contributed by atoms with Crippen molar-refractivity contribution >= 4 is 23.3 Å². The van der Waals surface area contributed by atoms with Crippen LogP contribution in [-0.2, 0) is 0 Å². The number of aliphatic hydroxyl groups is 1. The normalized spacial score (nSPS) is 19.7. The minimum absolute atomic E-state index is 0.0357. The summed E-state index contributed by atoms with van der Waals surface area (Å²) < 4.78 is 13.0. The SMILES string of the molecule is O=C(Nc1ccc(F)c(Cl)c1)N1CCC[C@H](O)C1. The Morgan fingerprint density at radius 1 is 1.56 bits per heavy atom. The summed E-state index contributed by atoms with van der Waals surface area (Å²) in [4.78, 5) is 13.4. The number of amides is 2. The van der Waals surface area contributed by atoms with E-state index in [4.69, 9.17) is 11.6 Å². The van der Waals surface area contributed by atoms with Crippen LogP contribution in [0.15, 0.2) is 18.2 Å². The molecule has 0 bridgehead atoms. The first-order valence-electron chi connectivity index (χ1n) is 5.75. The van der Waals surface area contributed by atoms with Gasteiger partial charge in [-0.25, -0.2) is 9.18 Å². The molecule has 0 unspecified atom stereocenters. The lowest BCUT2D eigenvalue weighted by molar-refractivity contribution is 0.0883. The molecule has 18 heavy (non-hydrogen) atoms. The van der Waals surface area contributed by atoms with Gasteiger partial charge in [-0.1, -0.05) is 11.6 Å². The first-order valence-corrected chi connectivity index (χ1v) is 6.13. The van der Waals surface area contributed by atoms with E-state index < -0.39 is 11.9 Å². The molecular formula is C12H14ClFN2O2. The molecule has 0 aliphatic carbocycles. The Morgan fingerprint density at radius 2 is 2.33 bits per heavy atom. The smallest absolute Gasteiger partial charge is 0.321 e. The molecule has 1 aliphatic heterocycles. The van der Waals surface area contributed by atoms with Crippen LogP contribution in [0.4, 0.5) is 14.9 Å². The molecule has 2 amide bonds. The zero-order valence-electron chi connectivity index (χ0n) is 9.70. The van der Waals surface area contributed by atoms with E-state index in [1.165, 1.54) is 23.1 Å². The Morgan fingerprint density at radius 3 is 3.00 bits per heavy atom. The van der Waals surface area contributed by atoms with Crippen LogP contribution in [0.25, 0.3) is 0 Å². The van der Waals surface area contributed by atoms with Crippen LogP contribution in [-0.4, -0.2) is 35.2 Å². The summed E-state index contributed by atoms with van der Waals surface area (Å²) in [5.74, 6) is -0.525. The molecule has 0 saturated carbocycles. The van der Waals surface area contributed by atoms with Gasteiger partial charge in [0.2, 0.25) is 0 Å². The van der Waals surface area contributed by atoms with E-state index in [2.05, 4.69) is 5.32 Å². The Bertz CT molecular complexity index is 456. The topological polar surface area (TPSA) is 52.6 Å². The zero-order chi connectivity index (χ0) is 13.1. The molecule has 0 spiro atoms. The predicted octanol–water partition coefficient (Wildman–Crippen LogP) is 2.47. The van der Waals surface area contributed by atoms with Gasteiger partial charge in [-0.2, -0.15) is 0 Å². The predicted molar refractivity (Wildman–Crippen MR) is 67.2 cm³/mol. The second-order valence-electron chi connectivity index (χ2n) is 4.30. The number of nitrogens with one attached hydrogen (secondary N) is 1. The summed E-state index contributed by atoms with van der Waals surface area (Å²) in [7, 11) is 0. The molecule has 2 N–H and O–H groups in total. The van der Waals surface area contributed by atoms with E-state index in [-0.39, 0.29) is 11.1 Å². The number of carbonyl (C=O) groups is 1. The standard InChI is InChI=1S/C12H14ClFN2O2/c13-10-6-8(3-4-11(10)14)15-12(18)16-5-1-2-9(17)7-16/h3-4,6,9,17H,1-2,5,7H2,(H,15,18)/t9-/m0/s1. The number of β-amino-alcohol motifs (C(OH)–C–C–N with tert-alkyl or cyclic N) is 1. The number of hydrogen-bond donors (Lipinski definition) is 2. The van der Waals surface area contributed by atoms with E-state index in [9.17, 15) is 14.3 Å². The van der Waals surface area contributed by atoms with Gasteiger partial charge in [0, 0.05) is 18.8 Å². The fourth-order valence-electron chi connectivity index (χ4n) is 1.92. The lowest BCUT2D eigenvalue weighted by atomic mass is 10.1. The minimum atomic E-state index is -0.525. The van der Waals surface area contributed by atoms with Crippen LogP contribution in [0.3, 0.4) is 0 Å². The number of urea groups is 1. The Balaban J connectivity index is 2.00. The van der Waals surface area contributed by atoms with Crippen LogP contribution >= 0.6 is 11.6 Å². The highest BCUT2D eigenvalue weighted by Gasteiger charge is 2.22. The molecule has 2 rings (SSSR count). The van der Waals surface area contributed by atoms with Crippen molar-refractivity contribution in [3.63, 3.8) is 0 Å². The number of aliphatic hydroxyl groups excluding tert-OH is 1. The second-order valence-corrected chi connectivity index (χ2v) is 4.71. The van der Waals surface area contributed by atoms with Gasteiger partial charge in [-0.3, -0.25) is 0 Å². The molecule has 1 aromatic rings. The molecule has 6 heteroatoms. The van der Waals surface area contributed by atoms with Gasteiger partial charge in [0.1, 0.15) is 5.82 Å². The van der Waals surface area contributed by atoms with Crippen LogP contribution < -0.4 is 5.32 Å². The average molecular weight is 273 g/mol. The Labute approximate surface area is 109 Å². The highest BCUT2D eigenvalue weighted by Crippen LogP contribution is 2.20. The van der Waals surface area contributed by atoms with Gasteiger partial charge in [0.05, 0.1) is 11.1 Å². The maximum Gasteiger partial charge on any atom is 0.321 e. The molecule has 1 aliphatic rings. The van der Waals surface area contributed by atoms with E-state index in [0.29, 0.717) is 25.2 Å². The summed E-state index contributed by atoms with van der Waals surface area (Å²) in [5, 5.41) is 12.1. The van der Waals surface area contributed by atoms with Crippen LogP contribution in [0.1, 0.15) is 12.8 Å².